The molecule has 0 N–H and O–H groups in total. The van der Waals surface area contributed by atoms with Gasteiger partial charge in [-0.1, -0.05) is 17.3 Å². The summed E-state index contributed by atoms with van der Waals surface area (Å²) in [6, 6.07) is 8.01. The summed E-state index contributed by atoms with van der Waals surface area (Å²) in [5.74, 6) is 0.750. The Hall–Kier alpha value is -0.843. The van der Waals surface area contributed by atoms with Crippen LogP contribution < -0.4 is 9.92 Å². The number of ether oxygens (including phenoxy) is 3. The van der Waals surface area contributed by atoms with Crippen LogP contribution in [-0.4, -0.2) is 36.3 Å². The number of methoxy groups -OCH3 is 2. The summed E-state index contributed by atoms with van der Waals surface area (Å²) in [5.41, 5.74) is 0. The molecule has 0 atom stereocenters. The van der Waals surface area contributed by atoms with E-state index < -0.39 is 0 Å². The van der Waals surface area contributed by atoms with Crippen molar-refractivity contribution in [3.05, 3.63) is 24.3 Å². The maximum atomic E-state index is 5.36. The third-order valence-electron chi connectivity index (χ3n) is 1.88. The van der Waals surface area contributed by atoms with Crippen molar-refractivity contribution in [2.75, 3.05) is 20.8 Å². The van der Waals surface area contributed by atoms with Gasteiger partial charge in [0, 0.05) is 14.2 Å². The van der Waals surface area contributed by atoms with Crippen LogP contribution in [0, 0.1) is 0 Å². The fourth-order valence-corrected chi connectivity index (χ4v) is 2.03. The molecule has 1 aromatic carbocycles. The van der Waals surface area contributed by atoms with Crippen LogP contribution in [0.1, 0.15) is 6.92 Å². The van der Waals surface area contributed by atoms with Gasteiger partial charge in [0.25, 0.3) is 0 Å². The molecule has 0 aliphatic rings. The van der Waals surface area contributed by atoms with Crippen LogP contribution in [0.15, 0.2) is 24.3 Å². The minimum Gasteiger partial charge on any atom is -0.494 e. The van der Waals surface area contributed by atoms with E-state index in [2.05, 4.69) is 0 Å². The zero-order valence-electron chi connectivity index (χ0n) is 9.32. The van der Waals surface area contributed by atoms with Gasteiger partial charge in [-0.15, -0.1) is 0 Å². The van der Waals surface area contributed by atoms with Crippen molar-refractivity contribution < 1.29 is 14.2 Å². The Morgan fingerprint density at radius 3 is 2.20 bits per heavy atom. The summed E-state index contributed by atoms with van der Waals surface area (Å²) in [5, 5.41) is 1.20. The molecule has 4 heteroatoms. The second-order valence-corrected chi connectivity index (χ2v) is 4.24. The summed E-state index contributed by atoms with van der Waals surface area (Å²) in [6.07, 6.45) is 0. The summed E-state index contributed by atoms with van der Waals surface area (Å²) in [6.45, 7) is 2.67. The second kappa shape index (κ2) is 6.61. The topological polar surface area (TPSA) is 27.7 Å². The molecule has 0 saturated heterocycles. The molecule has 0 aliphatic heterocycles. The zero-order chi connectivity index (χ0) is 11.1. The molecule has 0 bridgehead atoms. The molecule has 0 unspecified atom stereocenters. The molecule has 2 radical (unpaired) electrons. The Morgan fingerprint density at radius 2 is 1.73 bits per heavy atom. The van der Waals surface area contributed by atoms with Crippen LogP contribution in [-0.2, 0) is 9.47 Å². The highest BCUT2D eigenvalue weighted by Crippen LogP contribution is 2.06. The van der Waals surface area contributed by atoms with Gasteiger partial charge < -0.3 is 14.2 Å². The normalized spacial score (nSPS) is 10.7. The first-order chi connectivity index (χ1) is 7.30. The number of rotatable bonds is 6. The lowest BCUT2D eigenvalue weighted by atomic mass is 10.3. The molecule has 1 aromatic rings. The van der Waals surface area contributed by atoms with Crippen molar-refractivity contribution in [1.82, 2.24) is 0 Å². The maximum Gasteiger partial charge on any atom is 0.157 e. The second-order valence-electron chi connectivity index (χ2n) is 2.91. The van der Waals surface area contributed by atoms with Crippen LogP contribution in [0.5, 0.6) is 5.75 Å². The van der Waals surface area contributed by atoms with Crippen LogP contribution >= 0.6 is 0 Å². The van der Waals surface area contributed by atoms with Crippen molar-refractivity contribution in [1.29, 1.82) is 0 Å². The summed E-state index contributed by atoms with van der Waals surface area (Å²) < 4.78 is 15.6. The monoisotopic (exact) mass is 224 g/mol. The van der Waals surface area contributed by atoms with E-state index >= 15 is 0 Å². The summed E-state index contributed by atoms with van der Waals surface area (Å²) in [4.78, 5) is 0. The Bertz CT molecular complexity index is 270. The smallest absolute Gasteiger partial charge is 0.157 e. The Morgan fingerprint density at radius 1 is 1.13 bits per heavy atom. The van der Waals surface area contributed by atoms with E-state index in [0.717, 1.165) is 5.75 Å². The van der Waals surface area contributed by atoms with Crippen molar-refractivity contribution in [2.45, 2.75) is 12.8 Å². The Kier molecular flexibility index (Phi) is 5.38. The van der Waals surface area contributed by atoms with Crippen molar-refractivity contribution >= 4 is 14.7 Å². The zero-order valence-corrected chi connectivity index (χ0v) is 10.3. The van der Waals surface area contributed by atoms with Gasteiger partial charge >= 0.3 is 0 Å². The molecule has 3 nitrogen and oxygen atoms in total. The molecule has 15 heavy (non-hydrogen) atoms. The van der Waals surface area contributed by atoms with E-state index in [1.54, 1.807) is 14.2 Å². The third-order valence-corrected chi connectivity index (χ3v) is 3.25. The maximum absolute atomic E-state index is 5.36. The van der Waals surface area contributed by atoms with E-state index in [1.807, 2.05) is 31.2 Å². The molecule has 1 rings (SSSR count). The first-order valence-corrected chi connectivity index (χ1v) is 5.93. The molecule has 0 amide bonds. The highest BCUT2D eigenvalue weighted by atomic mass is 28.2. The molecule has 0 saturated carbocycles. The molecular formula is C11H16O3Si. The van der Waals surface area contributed by atoms with E-state index in [9.17, 15) is 0 Å². The highest BCUT2D eigenvalue weighted by Gasteiger charge is 2.08. The van der Waals surface area contributed by atoms with Gasteiger partial charge in [-0.05, 0) is 19.1 Å². The van der Waals surface area contributed by atoms with Crippen LogP contribution in [0.2, 0.25) is 0 Å². The lowest BCUT2D eigenvalue weighted by Crippen LogP contribution is -2.30. The standard InChI is InChI=1S/C11H16O3Si/c1-4-14-9-5-7-10(8-6-9)15-11(12-2)13-3/h5-8,11H,4H2,1-3H3. The third kappa shape index (κ3) is 4.03. The molecular weight excluding hydrogens is 208 g/mol. The first-order valence-electron chi connectivity index (χ1n) is 4.85. The highest BCUT2D eigenvalue weighted by molar-refractivity contribution is 6.54. The lowest BCUT2D eigenvalue weighted by Gasteiger charge is -2.12. The molecule has 0 fully saturated rings. The van der Waals surface area contributed by atoms with Gasteiger partial charge in [0.05, 0.1) is 6.61 Å². The van der Waals surface area contributed by atoms with E-state index in [4.69, 9.17) is 14.2 Å². The molecule has 0 aliphatic carbocycles. The molecule has 82 valence electrons. The van der Waals surface area contributed by atoms with E-state index in [-0.39, 0.29) is 5.91 Å². The fourth-order valence-electron chi connectivity index (χ4n) is 1.16. The van der Waals surface area contributed by atoms with Gasteiger partial charge in [0.15, 0.2) is 9.52 Å². The van der Waals surface area contributed by atoms with Crippen molar-refractivity contribution in [2.24, 2.45) is 0 Å². The number of benzene rings is 1. The summed E-state index contributed by atoms with van der Waals surface area (Å²) in [7, 11) is 3.79. The predicted octanol–water partition coefficient (Wildman–Crippen LogP) is 0.991. The SMILES string of the molecule is CCOc1ccc([Si]C(OC)OC)cc1. The predicted molar refractivity (Wildman–Crippen MR) is 60.8 cm³/mol. The largest absolute Gasteiger partial charge is 0.494 e. The first kappa shape index (κ1) is 12.2. The van der Waals surface area contributed by atoms with Crippen LogP contribution in [0.25, 0.3) is 0 Å². The van der Waals surface area contributed by atoms with Crippen molar-refractivity contribution in [3.63, 3.8) is 0 Å². The van der Waals surface area contributed by atoms with Gasteiger partial charge in [-0.3, -0.25) is 0 Å². The van der Waals surface area contributed by atoms with E-state index in [1.165, 1.54) is 5.19 Å². The average molecular weight is 224 g/mol. The Labute approximate surface area is 93.2 Å². The molecule has 0 heterocycles. The van der Waals surface area contributed by atoms with Gasteiger partial charge in [-0.2, -0.15) is 0 Å². The quantitative estimate of drug-likeness (QED) is 0.533. The van der Waals surface area contributed by atoms with Gasteiger partial charge in [0.1, 0.15) is 11.7 Å². The average Bonchev–Trinajstić information content (AvgIpc) is 2.28. The molecule has 0 aromatic heterocycles. The lowest BCUT2D eigenvalue weighted by molar-refractivity contribution is -0.0429. The summed E-state index contributed by atoms with van der Waals surface area (Å²) >= 11 is 0. The van der Waals surface area contributed by atoms with Gasteiger partial charge in [0.2, 0.25) is 0 Å². The Balaban J connectivity index is 2.55. The minimum absolute atomic E-state index is 0.150. The van der Waals surface area contributed by atoms with Gasteiger partial charge in [-0.25, -0.2) is 0 Å². The number of hydrogen-bond donors (Lipinski definition) is 0. The fraction of sp³-hybridized carbons (Fsp3) is 0.455. The molecule has 0 spiro atoms. The van der Waals surface area contributed by atoms with E-state index in [0.29, 0.717) is 16.1 Å². The van der Waals surface area contributed by atoms with Crippen LogP contribution in [0.4, 0.5) is 0 Å². The van der Waals surface area contributed by atoms with Crippen molar-refractivity contribution in [3.8, 4) is 5.75 Å². The number of hydrogen-bond acceptors (Lipinski definition) is 3. The minimum atomic E-state index is -0.150. The van der Waals surface area contributed by atoms with Crippen LogP contribution in [0.3, 0.4) is 0 Å².